The van der Waals surface area contributed by atoms with Crippen LogP contribution in [0.5, 0.6) is 0 Å². The van der Waals surface area contributed by atoms with Gasteiger partial charge < -0.3 is 4.90 Å². The van der Waals surface area contributed by atoms with Gasteiger partial charge in [0.2, 0.25) is 0 Å². The highest BCUT2D eigenvalue weighted by atomic mass is 32.2. The second kappa shape index (κ2) is 6.28. The molecular weight excluding hydrogens is 324 g/mol. The Morgan fingerprint density at radius 2 is 1.71 bits per heavy atom. The number of carbonyl (C=O) groups is 1. The van der Waals surface area contributed by atoms with Crippen LogP contribution in [-0.2, 0) is 16.4 Å². The predicted octanol–water partition coefficient (Wildman–Crippen LogP) is 2.53. The third kappa shape index (κ3) is 2.89. The number of amides is 1. The Hall–Kier alpha value is -2.34. The number of hydrogen-bond donors (Lipinski definition) is 0. The van der Waals surface area contributed by atoms with Gasteiger partial charge in [-0.25, -0.2) is 8.42 Å². The Morgan fingerprint density at radius 3 is 2.38 bits per heavy atom. The fourth-order valence-corrected chi connectivity index (χ4v) is 4.44. The molecule has 1 heterocycles. The van der Waals surface area contributed by atoms with Crippen LogP contribution in [-0.4, -0.2) is 39.9 Å². The lowest BCUT2D eigenvalue weighted by Gasteiger charge is -2.30. The van der Waals surface area contributed by atoms with Crippen LogP contribution in [0.1, 0.15) is 22.3 Å². The Morgan fingerprint density at radius 1 is 1.04 bits per heavy atom. The first-order valence-electron chi connectivity index (χ1n) is 7.83. The molecule has 0 unspecified atom stereocenters. The van der Waals surface area contributed by atoms with Crippen molar-refractivity contribution in [2.24, 2.45) is 0 Å². The van der Waals surface area contributed by atoms with E-state index in [1.807, 2.05) is 24.3 Å². The second-order valence-corrected chi connectivity index (χ2v) is 7.90. The van der Waals surface area contributed by atoms with Gasteiger partial charge in [-0.1, -0.05) is 18.2 Å². The lowest BCUT2D eigenvalue weighted by Crippen LogP contribution is -2.35. The quantitative estimate of drug-likeness (QED) is 0.860. The summed E-state index contributed by atoms with van der Waals surface area (Å²) >= 11 is 0. The molecule has 1 aliphatic rings. The number of nitrogens with zero attached hydrogens (tertiary/aromatic N) is 2. The third-order valence-corrected chi connectivity index (χ3v) is 5.99. The van der Waals surface area contributed by atoms with Crippen molar-refractivity contribution in [3.8, 4) is 0 Å². The molecule has 0 saturated carbocycles. The van der Waals surface area contributed by atoms with Crippen molar-refractivity contribution in [1.29, 1.82) is 0 Å². The molecule has 3 rings (SSSR count). The summed E-state index contributed by atoms with van der Waals surface area (Å²) in [5, 5.41) is 0. The molecule has 1 amide bonds. The van der Waals surface area contributed by atoms with E-state index >= 15 is 0 Å². The monoisotopic (exact) mass is 344 g/mol. The number of rotatable bonds is 3. The first-order valence-corrected chi connectivity index (χ1v) is 9.27. The van der Waals surface area contributed by atoms with E-state index in [9.17, 15) is 13.2 Å². The van der Waals surface area contributed by atoms with Crippen LogP contribution < -0.4 is 4.31 Å². The van der Waals surface area contributed by atoms with E-state index in [0.717, 1.165) is 24.1 Å². The maximum atomic E-state index is 13.0. The minimum absolute atomic E-state index is 0.151. The van der Waals surface area contributed by atoms with Gasteiger partial charge in [0.1, 0.15) is 0 Å². The number of sulfonamides is 1. The molecule has 6 heteroatoms. The predicted molar refractivity (Wildman–Crippen MR) is 93.8 cm³/mol. The van der Waals surface area contributed by atoms with E-state index in [2.05, 4.69) is 0 Å². The number of aryl methyl sites for hydroxylation is 1. The highest BCUT2D eigenvalue weighted by Crippen LogP contribution is 2.31. The summed E-state index contributed by atoms with van der Waals surface area (Å²) in [7, 11) is -0.301. The molecule has 0 bridgehead atoms. The molecule has 0 spiro atoms. The zero-order valence-corrected chi connectivity index (χ0v) is 14.6. The molecule has 126 valence electrons. The molecule has 0 atom stereocenters. The fraction of sp³-hybridized carbons (Fsp3) is 0.278. The summed E-state index contributed by atoms with van der Waals surface area (Å²) in [4.78, 5) is 13.6. The SMILES string of the molecule is CN(C)C(=O)c1ccc(S(=O)(=O)N2CCCc3ccccc32)cc1. The highest BCUT2D eigenvalue weighted by molar-refractivity contribution is 7.92. The van der Waals surface area contributed by atoms with Crippen molar-refractivity contribution in [3.63, 3.8) is 0 Å². The zero-order chi connectivity index (χ0) is 17.3. The molecule has 0 saturated heterocycles. The standard InChI is InChI=1S/C18H20N2O3S/c1-19(2)18(21)15-9-11-16(12-10-15)24(22,23)20-13-5-7-14-6-3-4-8-17(14)20/h3-4,6,8-12H,5,7,13H2,1-2H3. The molecule has 2 aromatic carbocycles. The van der Waals surface area contributed by atoms with Crippen molar-refractivity contribution in [3.05, 3.63) is 59.7 Å². The Balaban J connectivity index is 1.96. The van der Waals surface area contributed by atoms with Gasteiger partial charge in [-0.2, -0.15) is 0 Å². The lowest BCUT2D eigenvalue weighted by atomic mass is 10.0. The number of hydrogen-bond acceptors (Lipinski definition) is 3. The summed E-state index contributed by atoms with van der Waals surface area (Å²) in [5.41, 5.74) is 2.27. The smallest absolute Gasteiger partial charge is 0.264 e. The zero-order valence-electron chi connectivity index (χ0n) is 13.8. The summed E-state index contributed by atoms with van der Waals surface area (Å²) in [5.74, 6) is -0.151. The Labute approximate surface area is 142 Å². The minimum atomic E-state index is -3.63. The van der Waals surface area contributed by atoms with E-state index in [4.69, 9.17) is 0 Å². The molecule has 5 nitrogen and oxygen atoms in total. The van der Waals surface area contributed by atoms with Crippen LogP contribution in [0.2, 0.25) is 0 Å². The summed E-state index contributed by atoms with van der Waals surface area (Å²) < 4.78 is 27.5. The second-order valence-electron chi connectivity index (χ2n) is 6.03. The first-order chi connectivity index (χ1) is 11.4. The number of fused-ring (bicyclic) bond motifs is 1. The van der Waals surface area contributed by atoms with Crippen molar-refractivity contribution in [2.75, 3.05) is 24.9 Å². The van der Waals surface area contributed by atoms with E-state index < -0.39 is 10.0 Å². The Kier molecular flexibility index (Phi) is 4.32. The van der Waals surface area contributed by atoms with Crippen molar-refractivity contribution < 1.29 is 13.2 Å². The van der Waals surface area contributed by atoms with E-state index in [-0.39, 0.29) is 10.8 Å². The topological polar surface area (TPSA) is 57.7 Å². The fourth-order valence-electron chi connectivity index (χ4n) is 2.90. The largest absolute Gasteiger partial charge is 0.345 e. The molecular formula is C18H20N2O3S. The molecule has 0 N–H and O–H groups in total. The van der Waals surface area contributed by atoms with Gasteiger partial charge in [-0.05, 0) is 48.7 Å². The summed E-state index contributed by atoms with van der Waals surface area (Å²) in [6.45, 7) is 0.470. The van der Waals surface area contributed by atoms with Gasteiger partial charge in [0.15, 0.2) is 0 Å². The molecule has 2 aromatic rings. The highest BCUT2D eigenvalue weighted by Gasteiger charge is 2.28. The van der Waals surface area contributed by atoms with Gasteiger partial charge in [0.25, 0.3) is 15.9 Å². The summed E-state index contributed by atoms with van der Waals surface area (Å²) in [6.07, 6.45) is 1.69. The first kappa shape index (κ1) is 16.5. The van der Waals surface area contributed by atoms with E-state index in [1.165, 1.54) is 21.3 Å². The number of anilines is 1. The molecule has 0 fully saturated rings. The van der Waals surface area contributed by atoms with Crippen LogP contribution in [0.4, 0.5) is 5.69 Å². The van der Waals surface area contributed by atoms with Crippen molar-refractivity contribution in [1.82, 2.24) is 4.90 Å². The Bertz CT molecular complexity index is 858. The van der Waals surface area contributed by atoms with Gasteiger partial charge in [0.05, 0.1) is 10.6 Å². The van der Waals surface area contributed by atoms with E-state index in [0.29, 0.717) is 12.1 Å². The number of para-hydroxylation sites is 1. The van der Waals surface area contributed by atoms with Crippen molar-refractivity contribution >= 4 is 21.6 Å². The normalized spacial score (nSPS) is 14.2. The maximum absolute atomic E-state index is 13.0. The van der Waals surface area contributed by atoms with Gasteiger partial charge in [-0.3, -0.25) is 9.10 Å². The molecule has 24 heavy (non-hydrogen) atoms. The number of benzene rings is 2. The maximum Gasteiger partial charge on any atom is 0.264 e. The van der Waals surface area contributed by atoms with Crippen LogP contribution >= 0.6 is 0 Å². The van der Waals surface area contributed by atoms with E-state index in [1.54, 1.807) is 26.2 Å². The van der Waals surface area contributed by atoms with Crippen LogP contribution in [0.15, 0.2) is 53.4 Å². The van der Waals surface area contributed by atoms with Crippen LogP contribution in [0.3, 0.4) is 0 Å². The van der Waals surface area contributed by atoms with Crippen LogP contribution in [0, 0.1) is 0 Å². The third-order valence-electron chi connectivity index (χ3n) is 4.16. The average molecular weight is 344 g/mol. The lowest BCUT2D eigenvalue weighted by molar-refractivity contribution is 0.0827. The van der Waals surface area contributed by atoms with Crippen LogP contribution in [0.25, 0.3) is 0 Å². The van der Waals surface area contributed by atoms with Gasteiger partial charge in [-0.15, -0.1) is 0 Å². The summed E-state index contributed by atoms with van der Waals surface area (Å²) in [6, 6.07) is 13.7. The van der Waals surface area contributed by atoms with Gasteiger partial charge >= 0.3 is 0 Å². The minimum Gasteiger partial charge on any atom is -0.345 e. The van der Waals surface area contributed by atoms with Gasteiger partial charge in [0, 0.05) is 26.2 Å². The molecule has 0 aromatic heterocycles. The van der Waals surface area contributed by atoms with Crippen molar-refractivity contribution in [2.45, 2.75) is 17.7 Å². The molecule has 0 aliphatic carbocycles. The molecule has 0 radical (unpaired) electrons. The number of carbonyl (C=O) groups excluding carboxylic acids is 1. The molecule has 1 aliphatic heterocycles. The average Bonchev–Trinajstić information content (AvgIpc) is 2.60.